The first-order valence-electron chi connectivity index (χ1n) is 5.90. The van der Waals surface area contributed by atoms with Crippen molar-refractivity contribution in [3.8, 4) is 0 Å². The van der Waals surface area contributed by atoms with E-state index in [1.165, 1.54) is 0 Å². The van der Waals surface area contributed by atoms with E-state index in [2.05, 4.69) is 5.32 Å². The quantitative estimate of drug-likeness (QED) is 0.751. The first-order chi connectivity index (χ1) is 7.65. The highest BCUT2D eigenvalue weighted by molar-refractivity contribution is 7.80. The van der Waals surface area contributed by atoms with E-state index in [1.807, 2.05) is 13.8 Å². The van der Waals surface area contributed by atoms with Crippen molar-refractivity contribution in [1.29, 1.82) is 0 Å². The number of carbonyl (C=O) groups excluding carboxylic acids is 1. The first kappa shape index (κ1) is 14.4. The highest BCUT2D eigenvalue weighted by Gasteiger charge is 2.35. The maximum Gasteiger partial charge on any atom is 0.232 e. The van der Waals surface area contributed by atoms with Gasteiger partial charge in [-0.25, -0.2) is 0 Å². The smallest absolute Gasteiger partial charge is 0.232 e. The van der Waals surface area contributed by atoms with Gasteiger partial charge in [0.1, 0.15) is 0 Å². The van der Waals surface area contributed by atoms with Gasteiger partial charge in [-0.3, -0.25) is 4.79 Å². The maximum atomic E-state index is 12.1. The zero-order chi connectivity index (χ0) is 13.3. The lowest BCUT2D eigenvalue weighted by molar-refractivity contribution is -0.129. The molecular weight excluding hydrogens is 236 g/mol. The van der Waals surface area contributed by atoms with Crippen LogP contribution >= 0.6 is 12.2 Å². The molecule has 3 N–H and O–H groups in total. The molecule has 0 spiro atoms. The minimum Gasteiger partial charge on any atom is -0.392 e. The van der Waals surface area contributed by atoms with Crippen LogP contribution in [0.4, 0.5) is 0 Å². The van der Waals surface area contributed by atoms with Crippen molar-refractivity contribution in [2.45, 2.75) is 52.2 Å². The Labute approximate surface area is 108 Å². The lowest BCUT2D eigenvalue weighted by Crippen LogP contribution is -2.52. The second-order valence-corrected chi connectivity index (χ2v) is 6.20. The highest BCUT2D eigenvalue weighted by Crippen LogP contribution is 2.25. The van der Waals surface area contributed by atoms with Crippen LogP contribution in [0, 0.1) is 5.41 Å². The molecule has 1 aliphatic rings. The van der Waals surface area contributed by atoms with Gasteiger partial charge in [0, 0.05) is 12.6 Å². The molecule has 1 heterocycles. The lowest BCUT2D eigenvalue weighted by atomic mass is 9.89. The molecule has 0 aromatic heterocycles. The summed E-state index contributed by atoms with van der Waals surface area (Å²) in [5.74, 6) is -0.104. The molecule has 1 atom stereocenters. The Balaban J connectivity index is 2.60. The molecule has 0 radical (unpaired) electrons. The molecule has 17 heavy (non-hydrogen) atoms. The topological polar surface area (TPSA) is 64.4 Å². The van der Waals surface area contributed by atoms with Crippen LogP contribution in [0.25, 0.3) is 0 Å². The van der Waals surface area contributed by atoms with Gasteiger partial charge >= 0.3 is 0 Å². The van der Waals surface area contributed by atoms with E-state index in [0.29, 0.717) is 6.61 Å². The normalized spacial score (nSPS) is 24.1. The third-order valence-electron chi connectivity index (χ3n) is 3.22. The predicted molar refractivity (Wildman–Crippen MR) is 71.8 cm³/mol. The van der Waals surface area contributed by atoms with Crippen LogP contribution in [-0.4, -0.2) is 29.1 Å². The van der Waals surface area contributed by atoms with Crippen molar-refractivity contribution in [2.24, 2.45) is 11.1 Å². The van der Waals surface area contributed by atoms with Gasteiger partial charge in [-0.15, -0.1) is 0 Å². The Morgan fingerprint density at radius 2 is 2.12 bits per heavy atom. The minimum absolute atomic E-state index is 0.104. The summed E-state index contributed by atoms with van der Waals surface area (Å²) in [5, 5.41) is 3.01. The molecular formula is C12H22N2O2S. The van der Waals surface area contributed by atoms with Crippen molar-refractivity contribution in [3.05, 3.63) is 0 Å². The van der Waals surface area contributed by atoms with Crippen LogP contribution in [0.3, 0.4) is 0 Å². The van der Waals surface area contributed by atoms with Crippen molar-refractivity contribution in [3.63, 3.8) is 0 Å². The summed E-state index contributed by atoms with van der Waals surface area (Å²) < 4.78 is 5.61. The Kier molecular flexibility index (Phi) is 4.15. The number of hydrogen-bond donors (Lipinski definition) is 2. The van der Waals surface area contributed by atoms with Crippen LogP contribution < -0.4 is 11.1 Å². The Hall–Kier alpha value is -0.680. The maximum absolute atomic E-state index is 12.1. The number of carbonyl (C=O) groups is 1. The van der Waals surface area contributed by atoms with E-state index < -0.39 is 5.41 Å². The fourth-order valence-corrected chi connectivity index (χ4v) is 1.93. The largest absolute Gasteiger partial charge is 0.392 e. The number of nitrogens with one attached hydrogen (secondary N) is 1. The second kappa shape index (κ2) is 4.90. The van der Waals surface area contributed by atoms with Crippen molar-refractivity contribution in [1.82, 2.24) is 5.32 Å². The standard InChI is InChI=1S/C12H22N2O2S/c1-11(2)7-8(5-6-16-11)14-10(15)12(3,4)9(13)17/h8H,5-7H2,1-4H3,(H2,13,17)(H,14,15). The summed E-state index contributed by atoms with van der Waals surface area (Å²) in [5.41, 5.74) is 4.60. The van der Waals surface area contributed by atoms with Gasteiger partial charge in [0.15, 0.2) is 0 Å². The van der Waals surface area contributed by atoms with E-state index in [4.69, 9.17) is 22.7 Å². The van der Waals surface area contributed by atoms with Crippen LogP contribution in [0.15, 0.2) is 0 Å². The number of ether oxygens (including phenoxy) is 1. The summed E-state index contributed by atoms with van der Waals surface area (Å²) in [4.78, 5) is 12.3. The molecule has 0 aromatic rings. The third kappa shape index (κ3) is 3.64. The fourth-order valence-electron chi connectivity index (χ4n) is 1.83. The molecule has 1 aliphatic heterocycles. The molecule has 0 aromatic carbocycles. The molecule has 1 saturated heterocycles. The number of amides is 1. The zero-order valence-corrected chi connectivity index (χ0v) is 11.8. The van der Waals surface area contributed by atoms with Gasteiger partial charge in [-0.2, -0.15) is 0 Å². The monoisotopic (exact) mass is 258 g/mol. The van der Waals surface area contributed by atoms with Gasteiger partial charge in [-0.05, 0) is 40.5 Å². The predicted octanol–water partition coefficient (Wildman–Crippen LogP) is 1.37. The van der Waals surface area contributed by atoms with Crippen molar-refractivity contribution in [2.75, 3.05) is 6.61 Å². The summed E-state index contributed by atoms with van der Waals surface area (Å²) >= 11 is 4.91. The molecule has 1 fully saturated rings. The Morgan fingerprint density at radius 1 is 1.53 bits per heavy atom. The molecule has 1 unspecified atom stereocenters. The Morgan fingerprint density at radius 3 is 2.59 bits per heavy atom. The summed E-state index contributed by atoms with van der Waals surface area (Å²) in [7, 11) is 0. The van der Waals surface area contributed by atoms with Crippen molar-refractivity contribution < 1.29 is 9.53 Å². The number of thiocarbonyl (C=S) groups is 1. The summed E-state index contributed by atoms with van der Waals surface area (Å²) in [6, 6.07) is 0.139. The molecule has 0 aliphatic carbocycles. The molecule has 98 valence electrons. The fraction of sp³-hybridized carbons (Fsp3) is 0.833. The average Bonchev–Trinajstić information content (AvgIpc) is 2.15. The van der Waals surface area contributed by atoms with E-state index >= 15 is 0 Å². The highest BCUT2D eigenvalue weighted by atomic mass is 32.1. The van der Waals surface area contributed by atoms with Crippen LogP contribution in [0.2, 0.25) is 0 Å². The van der Waals surface area contributed by atoms with E-state index in [0.717, 1.165) is 12.8 Å². The van der Waals surface area contributed by atoms with Crippen LogP contribution in [0.1, 0.15) is 40.5 Å². The van der Waals surface area contributed by atoms with Crippen molar-refractivity contribution >= 4 is 23.1 Å². The molecule has 1 rings (SSSR count). The lowest BCUT2D eigenvalue weighted by Gasteiger charge is -2.37. The van der Waals surface area contributed by atoms with Crippen LogP contribution in [-0.2, 0) is 9.53 Å². The third-order valence-corrected chi connectivity index (χ3v) is 3.73. The molecule has 0 bridgehead atoms. The number of hydrogen-bond acceptors (Lipinski definition) is 3. The number of rotatable bonds is 3. The molecule has 1 amide bonds. The summed E-state index contributed by atoms with van der Waals surface area (Å²) in [6.07, 6.45) is 1.65. The van der Waals surface area contributed by atoms with Gasteiger partial charge in [0.2, 0.25) is 5.91 Å². The van der Waals surface area contributed by atoms with Gasteiger partial charge < -0.3 is 15.8 Å². The zero-order valence-electron chi connectivity index (χ0n) is 11.0. The SMILES string of the molecule is CC1(C)CC(NC(=O)C(C)(C)C(N)=S)CCO1. The second-order valence-electron chi connectivity index (χ2n) is 5.76. The van der Waals surface area contributed by atoms with Gasteiger partial charge in [0.05, 0.1) is 16.0 Å². The van der Waals surface area contributed by atoms with Gasteiger partial charge in [-0.1, -0.05) is 12.2 Å². The summed E-state index contributed by atoms with van der Waals surface area (Å²) in [6.45, 7) is 8.23. The van der Waals surface area contributed by atoms with E-state index in [9.17, 15) is 4.79 Å². The Bertz CT molecular complexity index is 326. The van der Waals surface area contributed by atoms with E-state index in [1.54, 1.807) is 13.8 Å². The molecule has 5 heteroatoms. The van der Waals surface area contributed by atoms with E-state index in [-0.39, 0.29) is 22.5 Å². The number of nitrogens with two attached hydrogens (primary N) is 1. The minimum atomic E-state index is -0.794. The molecule has 4 nitrogen and oxygen atoms in total. The molecule has 0 saturated carbocycles. The average molecular weight is 258 g/mol. The van der Waals surface area contributed by atoms with Crippen LogP contribution in [0.5, 0.6) is 0 Å². The first-order valence-corrected chi connectivity index (χ1v) is 6.31. The van der Waals surface area contributed by atoms with Gasteiger partial charge in [0.25, 0.3) is 0 Å².